The predicted octanol–water partition coefficient (Wildman–Crippen LogP) is 8.88. The molecule has 0 saturated heterocycles. The predicted molar refractivity (Wildman–Crippen MR) is 249 cm³/mol. The van der Waals surface area contributed by atoms with Crippen LogP contribution in [0.1, 0.15) is 87.2 Å². The van der Waals surface area contributed by atoms with Gasteiger partial charge in [0.25, 0.3) is 5.91 Å². The van der Waals surface area contributed by atoms with Crippen LogP contribution in [0.15, 0.2) is 85.7 Å². The van der Waals surface area contributed by atoms with E-state index in [0.29, 0.717) is 39.6 Å². The molecule has 6 aromatic rings. The van der Waals surface area contributed by atoms with Gasteiger partial charge in [0.15, 0.2) is 11.6 Å². The highest BCUT2D eigenvalue weighted by atomic mass is 35.5. The fourth-order valence-corrected chi connectivity index (χ4v) is 5.94. The van der Waals surface area contributed by atoms with Gasteiger partial charge in [-0.2, -0.15) is 0 Å². The number of anilines is 4. The van der Waals surface area contributed by atoms with E-state index in [9.17, 15) is 28.6 Å². The number of hydrogen-bond acceptors (Lipinski definition) is 13. The Labute approximate surface area is 386 Å². The molecule has 15 nitrogen and oxygen atoms in total. The molecule has 0 aliphatic heterocycles. The summed E-state index contributed by atoms with van der Waals surface area (Å²) in [5, 5.41) is 36.7. The first kappa shape index (κ1) is 51.4. The van der Waals surface area contributed by atoms with Crippen molar-refractivity contribution < 1.29 is 33.7 Å². The third-order valence-corrected chi connectivity index (χ3v) is 9.52. The van der Waals surface area contributed by atoms with Gasteiger partial charge in [-0.3, -0.25) is 14.8 Å². The van der Waals surface area contributed by atoms with Crippen LogP contribution in [0.2, 0.25) is 10.0 Å². The van der Waals surface area contributed by atoms with Crippen molar-refractivity contribution in [3.63, 3.8) is 0 Å². The van der Waals surface area contributed by atoms with Gasteiger partial charge in [-0.1, -0.05) is 64.7 Å². The van der Waals surface area contributed by atoms with Gasteiger partial charge in [-0.15, -0.1) is 0 Å². The van der Waals surface area contributed by atoms with Gasteiger partial charge in [0.1, 0.15) is 28.8 Å². The molecular weight excluding hydrogens is 881 g/mol. The van der Waals surface area contributed by atoms with Gasteiger partial charge in [0, 0.05) is 71.4 Å². The maximum atomic E-state index is 14.4. The van der Waals surface area contributed by atoms with E-state index in [4.69, 9.17) is 34.0 Å². The number of carboxylic acid groups (broad SMARTS) is 1. The molecule has 8 N–H and O–H groups in total. The number of rotatable bonds is 11. The van der Waals surface area contributed by atoms with Crippen molar-refractivity contribution in [1.82, 2.24) is 35.2 Å². The van der Waals surface area contributed by atoms with Crippen LogP contribution >= 0.6 is 23.2 Å². The monoisotopic (exact) mass is 932 g/mol. The average Bonchev–Trinajstić information content (AvgIpc) is 3.24. The Morgan fingerprint density at radius 1 is 0.692 bits per heavy atom. The highest BCUT2D eigenvalue weighted by Crippen LogP contribution is 2.35. The number of aromatic nitrogens is 6. The first-order valence-electron chi connectivity index (χ1n) is 20.2. The minimum absolute atomic E-state index is 0.00328. The van der Waals surface area contributed by atoms with Gasteiger partial charge >= 0.3 is 5.97 Å². The Morgan fingerprint density at radius 3 is 1.49 bits per heavy atom. The van der Waals surface area contributed by atoms with E-state index in [-0.39, 0.29) is 57.4 Å². The van der Waals surface area contributed by atoms with E-state index in [2.05, 4.69) is 45.9 Å². The van der Waals surface area contributed by atoms with Crippen molar-refractivity contribution in [3.8, 4) is 22.8 Å². The number of nitrogens with one attached hydrogen (secondary N) is 3. The number of amides is 1. The number of carbonyl (C=O) groups is 2. The number of aliphatic hydroxyl groups is 2. The molecular formula is C46H52Cl2F2N10O5. The lowest BCUT2D eigenvalue weighted by molar-refractivity contribution is 0.0697. The smallest absolute Gasteiger partial charge is 0.339 e. The Hall–Kier alpha value is -6.24. The summed E-state index contributed by atoms with van der Waals surface area (Å²) in [5.74, 6) is -1.41. The van der Waals surface area contributed by atoms with Crippen LogP contribution < -0.4 is 21.7 Å². The van der Waals surface area contributed by atoms with Gasteiger partial charge in [0.05, 0.1) is 40.3 Å². The highest BCUT2D eigenvalue weighted by molar-refractivity contribution is 6.31. The molecule has 6 rings (SSSR count). The molecule has 0 fully saturated rings. The van der Waals surface area contributed by atoms with E-state index in [0.717, 1.165) is 11.1 Å². The second-order valence-corrected chi connectivity index (χ2v) is 17.6. The van der Waals surface area contributed by atoms with E-state index in [1.54, 1.807) is 38.5 Å². The summed E-state index contributed by atoms with van der Waals surface area (Å²) in [6, 6.07) is 11.5. The zero-order chi connectivity index (χ0) is 48.2. The maximum Gasteiger partial charge on any atom is 0.339 e. The topological polar surface area (TPSA) is 234 Å². The quantitative estimate of drug-likeness (QED) is 0.0643. The first-order valence-corrected chi connectivity index (χ1v) is 20.9. The average molecular weight is 934 g/mol. The van der Waals surface area contributed by atoms with Crippen molar-refractivity contribution in [2.75, 3.05) is 23.7 Å². The summed E-state index contributed by atoms with van der Waals surface area (Å²) < 4.78 is 28.7. The Balaban J connectivity index is 0.000000259. The number of carbonyl (C=O) groups excluding carboxylic acids is 1. The number of nitrogens with two attached hydrogens (primary N) is 1. The first-order chi connectivity index (χ1) is 30.5. The van der Waals surface area contributed by atoms with E-state index >= 15 is 0 Å². The highest BCUT2D eigenvalue weighted by Gasteiger charge is 2.25. The molecule has 0 saturated carbocycles. The van der Waals surface area contributed by atoms with Crippen LogP contribution in [0.5, 0.6) is 0 Å². The van der Waals surface area contributed by atoms with Crippen LogP contribution in [-0.2, 0) is 10.8 Å². The van der Waals surface area contributed by atoms with Gasteiger partial charge in [-0.05, 0) is 73.2 Å². The lowest BCUT2D eigenvalue weighted by atomic mass is 9.88. The van der Waals surface area contributed by atoms with Crippen molar-refractivity contribution in [3.05, 3.63) is 130 Å². The van der Waals surface area contributed by atoms with Gasteiger partial charge in [0.2, 0.25) is 0 Å². The van der Waals surface area contributed by atoms with Crippen LogP contribution in [0.3, 0.4) is 0 Å². The Morgan fingerprint density at radius 2 is 1.11 bits per heavy atom. The molecule has 0 radical (unpaired) electrons. The Bertz CT molecular complexity index is 2610. The lowest BCUT2D eigenvalue weighted by Crippen LogP contribution is -2.31. The number of benzene rings is 2. The second-order valence-electron chi connectivity index (χ2n) is 16.7. The molecule has 4 aromatic heterocycles. The van der Waals surface area contributed by atoms with Crippen LogP contribution in [0.25, 0.3) is 22.8 Å². The summed E-state index contributed by atoms with van der Waals surface area (Å²) >= 11 is 12.0. The molecule has 65 heavy (non-hydrogen) atoms. The summed E-state index contributed by atoms with van der Waals surface area (Å²) in [5.41, 5.74) is 7.15. The van der Waals surface area contributed by atoms with Crippen molar-refractivity contribution >= 4 is 58.1 Å². The number of carboxylic acids is 1. The molecule has 0 unspecified atom stereocenters. The minimum Gasteiger partial charge on any atom is -0.478 e. The standard InChI is InChI=1S/C23H25ClFN5O2.C20H18ClFN4O2.C3H9NO/c1-13(31)10-28-22(32)16-11-26-8-7-19(16)29-21-17(23(2,3)4)12-27-20(30-21)15-9-14(24)5-6-18(15)25;1-20(2,3)14-10-24-17(12-8-11(21)4-5-15(12)22)26-18(14)25-16-6-7-23-9-13(16)19(27)28;1-3(5)2-4/h5-9,11-13,31H,10H2,1-4H3,(H,28,32)(H,26,27,29,30);4-10H,1-3H3,(H,27,28)(H,23,24,25,26);3,5H,2,4H2,1H3/t13-;;3-/m0.0/s1. The number of nitrogens with zero attached hydrogens (tertiary/aromatic N) is 6. The maximum absolute atomic E-state index is 14.4. The number of aromatic carboxylic acids is 1. The number of pyridine rings is 2. The van der Waals surface area contributed by atoms with Crippen molar-refractivity contribution in [2.45, 2.75) is 78.4 Å². The summed E-state index contributed by atoms with van der Waals surface area (Å²) in [6.07, 6.45) is 7.92. The fraction of sp³-hybridized carbons (Fsp3) is 0.304. The molecule has 0 spiro atoms. The number of halogens is 4. The molecule has 19 heteroatoms. The fourth-order valence-electron chi connectivity index (χ4n) is 5.60. The van der Waals surface area contributed by atoms with Crippen LogP contribution in [0.4, 0.5) is 31.8 Å². The number of hydrogen-bond donors (Lipinski definition) is 7. The molecule has 0 aliphatic rings. The minimum atomic E-state index is -1.12. The molecule has 344 valence electrons. The van der Waals surface area contributed by atoms with Crippen molar-refractivity contribution in [1.29, 1.82) is 0 Å². The molecule has 0 bridgehead atoms. The van der Waals surface area contributed by atoms with E-state index < -0.39 is 29.6 Å². The molecule has 1 amide bonds. The number of aliphatic hydroxyl groups excluding tert-OH is 2. The third-order valence-electron chi connectivity index (χ3n) is 9.05. The summed E-state index contributed by atoms with van der Waals surface area (Å²) in [6.45, 7) is 15.6. The van der Waals surface area contributed by atoms with Gasteiger partial charge < -0.3 is 37.0 Å². The lowest BCUT2D eigenvalue weighted by Gasteiger charge is -2.23. The normalized spacial score (nSPS) is 12.1. The molecule has 2 aromatic carbocycles. The third kappa shape index (κ3) is 14.6. The van der Waals surface area contributed by atoms with Crippen molar-refractivity contribution in [2.24, 2.45) is 5.73 Å². The van der Waals surface area contributed by atoms with E-state index in [1.165, 1.54) is 61.1 Å². The van der Waals surface area contributed by atoms with Gasteiger partial charge in [-0.25, -0.2) is 33.5 Å². The zero-order valence-corrected chi connectivity index (χ0v) is 38.6. The second kappa shape index (κ2) is 22.6. The zero-order valence-electron chi connectivity index (χ0n) is 37.1. The van der Waals surface area contributed by atoms with Crippen LogP contribution in [-0.4, -0.2) is 82.4 Å². The molecule has 2 atom stereocenters. The largest absolute Gasteiger partial charge is 0.478 e. The summed E-state index contributed by atoms with van der Waals surface area (Å²) in [7, 11) is 0. The van der Waals surface area contributed by atoms with Crippen LogP contribution in [0, 0.1) is 11.6 Å². The molecule has 0 aliphatic carbocycles. The Kier molecular flexibility index (Phi) is 17.9. The summed E-state index contributed by atoms with van der Waals surface area (Å²) in [4.78, 5) is 49.7. The van der Waals surface area contributed by atoms with E-state index in [1.807, 2.05) is 41.5 Å². The molecule has 4 heterocycles. The SMILES string of the molecule is CC(C)(C)c1cnc(-c2cc(Cl)ccc2F)nc1Nc1ccncc1C(=O)O.C[C@H](O)CN.C[C@H](O)CNC(=O)c1cnccc1Nc1nc(-c2cc(Cl)ccc2F)ncc1C(C)(C)C.